The number of benzene rings is 3. The lowest BCUT2D eigenvalue weighted by Gasteiger charge is -2.21. The second-order valence-corrected chi connectivity index (χ2v) is 11.9. The van der Waals surface area contributed by atoms with Crippen molar-refractivity contribution in [1.82, 2.24) is 19.5 Å². The Kier molecular flexibility index (Phi) is 5.68. The van der Waals surface area contributed by atoms with Gasteiger partial charge < -0.3 is 4.57 Å². The fraction of sp³-hybridized carbons (Fsp3) is 0.312. The van der Waals surface area contributed by atoms with E-state index < -0.39 is 0 Å². The third kappa shape index (κ3) is 4.38. The van der Waals surface area contributed by atoms with E-state index in [0.29, 0.717) is 23.0 Å². The van der Waals surface area contributed by atoms with Crippen LogP contribution in [0.5, 0.6) is 0 Å². The summed E-state index contributed by atoms with van der Waals surface area (Å²) in [7, 11) is 0. The molecule has 0 atom stereocenters. The van der Waals surface area contributed by atoms with Crippen molar-refractivity contribution in [3.63, 3.8) is 0 Å². The Bertz CT molecular complexity index is 1630. The summed E-state index contributed by atoms with van der Waals surface area (Å²) in [5.74, 6) is 1.89. The zero-order chi connectivity index (χ0) is 26.7. The van der Waals surface area contributed by atoms with Gasteiger partial charge in [0, 0.05) is 16.3 Å². The summed E-state index contributed by atoms with van der Waals surface area (Å²) >= 11 is 0. The average Bonchev–Trinajstić information content (AvgIpc) is 3.15. The molecule has 186 valence electrons. The van der Waals surface area contributed by atoms with Gasteiger partial charge in [-0.25, -0.2) is 15.0 Å². The molecular formula is C32H33N5. The van der Waals surface area contributed by atoms with E-state index in [1.54, 1.807) is 0 Å². The summed E-state index contributed by atoms with van der Waals surface area (Å²) in [6.45, 7) is 17.2. The first-order valence-corrected chi connectivity index (χ1v) is 12.7. The van der Waals surface area contributed by atoms with Gasteiger partial charge in [0.25, 0.3) is 0 Å². The van der Waals surface area contributed by atoms with Gasteiger partial charge in [0.15, 0.2) is 5.82 Å². The number of aromatic nitrogens is 4. The lowest BCUT2D eigenvalue weighted by atomic mass is 9.86. The summed E-state index contributed by atoms with van der Waals surface area (Å²) in [5, 5.41) is 12.1. The Morgan fingerprint density at radius 2 is 1.19 bits per heavy atom. The molecule has 0 aliphatic rings. The fourth-order valence-electron chi connectivity index (χ4n) is 4.93. The third-order valence-corrected chi connectivity index (χ3v) is 6.97. The van der Waals surface area contributed by atoms with Crippen molar-refractivity contribution in [1.29, 1.82) is 5.26 Å². The van der Waals surface area contributed by atoms with Crippen LogP contribution in [0, 0.1) is 25.2 Å². The Hall–Kier alpha value is -4.04. The minimum Gasteiger partial charge on any atom is -0.308 e. The number of nitriles is 1. The highest BCUT2D eigenvalue weighted by atomic mass is 15.0. The van der Waals surface area contributed by atoms with Crippen LogP contribution in [0.2, 0.25) is 0 Å². The summed E-state index contributed by atoms with van der Waals surface area (Å²) in [6, 6.07) is 21.6. The van der Waals surface area contributed by atoms with E-state index in [2.05, 4.69) is 104 Å². The molecule has 2 heterocycles. The third-order valence-electron chi connectivity index (χ3n) is 6.97. The molecule has 37 heavy (non-hydrogen) atoms. The molecule has 5 nitrogen and oxygen atoms in total. The van der Waals surface area contributed by atoms with Gasteiger partial charge in [-0.15, -0.1) is 0 Å². The van der Waals surface area contributed by atoms with Crippen LogP contribution in [0.1, 0.15) is 69.9 Å². The minimum absolute atomic E-state index is 0.00196. The van der Waals surface area contributed by atoms with E-state index in [1.807, 2.05) is 32.0 Å². The van der Waals surface area contributed by atoms with Crippen LogP contribution in [0.25, 0.3) is 38.9 Å². The molecule has 5 rings (SSSR count). The summed E-state index contributed by atoms with van der Waals surface area (Å²) < 4.78 is 2.32. The molecule has 5 aromatic rings. The second-order valence-electron chi connectivity index (χ2n) is 11.9. The molecule has 3 aromatic carbocycles. The number of fused-ring (bicyclic) bond motifs is 3. The summed E-state index contributed by atoms with van der Waals surface area (Å²) in [4.78, 5) is 13.7. The van der Waals surface area contributed by atoms with Gasteiger partial charge in [-0.3, -0.25) is 0 Å². The first kappa shape index (κ1) is 24.6. The average molecular weight is 488 g/mol. The molecule has 0 spiro atoms. The van der Waals surface area contributed by atoms with Gasteiger partial charge in [0.1, 0.15) is 11.6 Å². The van der Waals surface area contributed by atoms with Crippen LogP contribution in [0.15, 0.2) is 54.6 Å². The largest absolute Gasteiger partial charge is 0.308 e. The molecule has 5 heteroatoms. The topological polar surface area (TPSA) is 67.4 Å². The van der Waals surface area contributed by atoms with E-state index in [-0.39, 0.29) is 10.8 Å². The lowest BCUT2D eigenvalue weighted by molar-refractivity contribution is 0.591. The van der Waals surface area contributed by atoms with E-state index in [9.17, 15) is 5.26 Å². The molecule has 0 radical (unpaired) electrons. The predicted octanol–water partition coefficient (Wildman–Crippen LogP) is 7.72. The molecule has 0 aliphatic carbocycles. The number of rotatable bonds is 2. The van der Waals surface area contributed by atoms with E-state index in [4.69, 9.17) is 0 Å². The number of aryl methyl sites for hydroxylation is 2. The molecule has 0 unspecified atom stereocenters. The SMILES string of the molecule is Cc1nc(C)nc(-c2cc(C#N)ccc2-n2c3cc(C(C)(C)C)ccc3c3ccc(C(C)(C)C)cc32)n1. The Morgan fingerprint density at radius 1 is 0.676 bits per heavy atom. The smallest absolute Gasteiger partial charge is 0.165 e. The molecule has 0 fully saturated rings. The maximum Gasteiger partial charge on any atom is 0.165 e. The number of hydrogen-bond acceptors (Lipinski definition) is 4. The Balaban J connectivity index is 1.95. The van der Waals surface area contributed by atoms with Crippen molar-refractivity contribution in [2.24, 2.45) is 0 Å². The maximum atomic E-state index is 9.72. The van der Waals surface area contributed by atoms with Crippen molar-refractivity contribution in [3.8, 4) is 23.1 Å². The highest BCUT2D eigenvalue weighted by Gasteiger charge is 2.23. The molecule has 0 bridgehead atoms. The summed E-state index contributed by atoms with van der Waals surface area (Å²) in [6.07, 6.45) is 0. The molecule has 0 N–H and O–H groups in total. The lowest BCUT2D eigenvalue weighted by Crippen LogP contribution is -2.11. The van der Waals surface area contributed by atoms with Gasteiger partial charge >= 0.3 is 0 Å². The van der Waals surface area contributed by atoms with Gasteiger partial charge in [-0.1, -0.05) is 65.8 Å². The first-order chi connectivity index (χ1) is 17.4. The van der Waals surface area contributed by atoms with E-state index in [1.165, 1.54) is 21.9 Å². The van der Waals surface area contributed by atoms with Crippen molar-refractivity contribution in [2.45, 2.75) is 66.2 Å². The first-order valence-electron chi connectivity index (χ1n) is 12.7. The summed E-state index contributed by atoms with van der Waals surface area (Å²) in [5.41, 5.74) is 7.12. The van der Waals surface area contributed by atoms with Crippen LogP contribution in [-0.2, 0) is 10.8 Å². The highest BCUT2D eigenvalue weighted by molar-refractivity contribution is 6.10. The standard InChI is InChI=1S/C32H33N5/c1-19-34-20(2)36-30(35-19)26-15-21(18-33)9-14-27(26)37-28-16-22(31(3,4)5)10-12-24(28)25-13-11-23(17-29(25)37)32(6,7)8/h9-17H,1-8H3. The molecule has 0 aliphatic heterocycles. The highest BCUT2D eigenvalue weighted by Crippen LogP contribution is 2.39. The normalized spacial score (nSPS) is 12.3. The molecule has 0 saturated heterocycles. The van der Waals surface area contributed by atoms with Crippen molar-refractivity contribution in [2.75, 3.05) is 0 Å². The fourth-order valence-corrected chi connectivity index (χ4v) is 4.93. The quantitative estimate of drug-likeness (QED) is 0.256. The Morgan fingerprint density at radius 3 is 1.65 bits per heavy atom. The van der Waals surface area contributed by atoms with Crippen LogP contribution < -0.4 is 0 Å². The zero-order valence-electron chi connectivity index (χ0n) is 22.9. The van der Waals surface area contributed by atoms with Gasteiger partial charge in [-0.2, -0.15) is 5.26 Å². The van der Waals surface area contributed by atoms with Crippen molar-refractivity contribution in [3.05, 3.63) is 82.9 Å². The van der Waals surface area contributed by atoms with Crippen molar-refractivity contribution < 1.29 is 0 Å². The number of nitrogens with zero attached hydrogens (tertiary/aromatic N) is 5. The van der Waals surface area contributed by atoms with Gasteiger partial charge in [0.05, 0.1) is 28.4 Å². The zero-order valence-corrected chi connectivity index (χ0v) is 22.9. The van der Waals surface area contributed by atoms with Crippen LogP contribution in [0.4, 0.5) is 0 Å². The number of hydrogen-bond donors (Lipinski definition) is 0. The minimum atomic E-state index is 0.00196. The second kappa shape index (κ2) is 8.52. The van der Waals surface area contributed by atoms with Crippen LogP contribution >= 0.6 is 0 Å². The van der Waals surface area contributed by atoms with Crippen LogP contribution in [0.3, 0.4) is 0 Å². The van der Waals surface area contributed by atoms with Crippen molar-refractivity contribution >= 4 is 21.8 Å². The molecular weight excluding hydrogens is 454 g/mol. The molecule has 2 aromatic heterocycles. The Labute approximate surface area is 218 Å². The van der Waals surface area contributed by atoms with Gasteiger partial charge in [0.2, 0.25) is 0 Å². The van der Waals surface area contributed by atoms with E-state index >= 15 is 0 Å². The predicted molar refractivity (Wildman–Crippen MR) is 151 cm³/mol. The monoisotopic (exact) mass is 487 g/mol. The van der Waals surface area contributed by atoms with Gasteiger partial charge in [-0.05, 0) is 66.1 Å². The van der Waals surface area contributed by atoms with E-state index in [0.717, 1.165) is 22.3 Å². The molecule has 0 saturated carbocycles. The van der Waals surface area contributed by atoms with Crippen LogP contribution in [-0.4, -0.2) is 19.5 Å². The maximum absolute atomic E-state index is 9.72. The molecule has 0 amide bonds.